The minimum Gasteiger partial charge on any atom is -0.494 e. The van der Waals surface area contributed by atoms with Crippen LogP contribution in [0.2, 0.25) is 0 Å². The van der Waals surface area contributed by atoms with E-state index in [0.717, 1.165) is 5.56 Å². The summed E-state index contributed by atoms with van der Waals surface area (Å²) in [7, 11) is 1.41. The molecule has 1 aliphatic heterocycles. The topological polar surface area (TPSA) is 63.0 Å². The van der Waals surface area contributed by atoms with E-state index in [1.165, 1.54) is 19.4 Å². The van der Waals surface area contributed by atoms with Crippen LogP contribution in [0, 0.1) is 5.82 Å². The molecule has 1 aromatic carbocycles. The molecule has 0 aliphatic carbocycles. The van der Waals surface area contributed by atoms with Crippen LogP contribution in [0.5, 0.6) is 5.75 Å². The standard InChI is InChI=1S/C19H21FN2O4/c1-25-16-6-4-14(13-15(16)20)5-7-18(23)21-8-10-22(11-9-21)19(24)17-3-2-12-26-17/h2-4,6,12-13H,5,7-11H2,1H3. The lowest BCUT2D eigenvalue weighted by Crippen LogP contribution is -2.50. The molecule has 0 atom stereocenters. The van der Waals surface area contributed by atoms with Crippen molar-refractivity contribution in [3.05, 3.63) is 53.7 Å². The number of halogens is 1. The highest BCUT2D eigenvalue weighted by atomic mass is 19.1. The summed E-state index contributed by atoms with van der Waals surface area (Å²) in [5, 5.41) is 0. The van der Waals surface area contributed by atoms with Crippen molar-refractivity contribution in [3.63, 3.8) is 0 Å². The highest BCUT2D eigenvalue weighted by molar-refractivity contribution is 5.91. The number of piperazine rings is 1. The van der Waals surface area contributed by atoms with Crippen molar-refractivity contribution in [2.24, 2.45) is 0 Å². The molecule has 138 valence electrons. The molecule has 2 amide bonds. The van der Waals surface area contributed by atoms with E-state index in [0.29, 0.717) is 44.8 Å². The van der Waals surface area contributed by atoms with Crippen LogP contribution in [0.25, 0.3) is 0 Å². The minimum atomic E-state index is -0.428. The molecular formula is C19H21FN2O4. The number of ether oxygens (including phenoxy) is 1. The number of furan rings is 1. The van der Waals surface area contributed by atoms with Crippen LogP contribution in [0.1, 0.15) is 22.5 Å². The average Bonchev–Trinajstić information content (AvgIpc) is 3.20. The summed E-state index contributed by atoms with van der Waals surface area (Å²) in [5.41, 5.74) is 0.753. The van der Waals surface area contributed by atoms with Gasteiger partial charge in [-0.2, -0.15) is 0 Å². The zero-order valence-electron chi connectivity index (χ0n) is 14.6. The average molecular weight is 360 g/mol. The molecule has 0 bridgehead atoms. The number of carbonyl (C=O) groups excluding carboxylic acids is 2. The van der Waals surface area contributed by atoms with E-state index in [2.05, 4.69) is 0 Å². The Morgan fingerprint density at radius 1 is 1.15 bits per heavy atom. The van der Waals surface area contributed by atoms with Crippen molar-refractivity contribution in [1.29, 1.82) is 0 Å². The first-order valence-electron chi connectivity index (χ1n) is 8.51. The van der Waals surface area contributed by atoms with Gasteiger partial charge < -0.3 is 19.0 Å². The highest BCUT2D eigenvalue weighted by Gasteiger charge is 2.25. The van der Waals surface area contributed by atoms with Gasteiger partial charge in [0.1, 0.15) is 0 Å². The summed E-state index contributed by atoms with van der Waals surface area (Å²) in [4.78, 5) is 28.0. The second-order valence-corrected chi connectivity index (χ2v) is 6.12. The summed E-state index contributed by atoms with van der Waals surface area (Å²) in [6, 6.07) is 8.03. The number of carbonyl (C=O) groups is 2. The molecule has 2 aromatic rings. The van der Waals surface area contributed by atoms with Gasteiger partial charge >= 0.3 is 0 Å². The summed E-state index contributed by atoms with van der Waals surface area (Å²) >= 11 is 0. The normalized spacial score (nSPS) is 14.4. The molecule has 1 aromatic heterocycles. The van der Waals surface area contributed by atoms with Crippen LogP contribution in [0.4, 0.5) is 4.39 Å². The fourth-order valence-corrected chi connectivity index (χ4v) is 2.99. The summed E-state index contributed by atoms with van der Waals surface area (Å²) in [6.45, 7) is 1.93. The second-order valence-electron chi connectivity index (χ2n) is 6.12. The maximum Gasteiger partial charge on any atom is 0.289 e. The molecule has 2 heterocycles. The number of nitrogens with zero attached hydrogens (tertiary/aromatic N) is 2. The number of hydrogen-bond acceptors (Lipinski definition) is 4. The summed E-state index contributed by atoms with van der Waals surface area (Å²) in [6.07, 6.45) is 2.23. The molecule has 26 heavy (non-hydrogen) atoms. The molecule has 0 radical (unpaired) electrons. The lowest BCUT2D eigenvalue weighted by molar-refractivity contribution is -0.132. The predicted octanol–water partition coefficient (Wildman–Crippen LogP) is 2.34. The smallest absolute Gasteiger partial charge is 0.289 e. The fourth-order valence-electron chi connectivity index (χ4n) is 2.99. The molecule has 7 heteroatoms. The van der Waals surface area contributed by atoms with E-state index >= 15 is 0 Å². The number of rotatable bonds is 5. The van der Waals surface area contributed by atoms with Gasteiger partial charge in [-0.3, -0.25) is 9.59 Å². The minimum absolute atomic E-state index is 0.00586. The quantitative estimate of drug-likeness (QED) is 0.821. The van der Waals surface area contributed by atoms with Gasteiger partial charge in [-0.15, -0.1) is 0 Å². The molecule has 1 saturated heterocycles. The van der Waals surface area contributed by atoms with Gasteiger partial charge in [0.25, 0.3) is 5.91 Å². The number of methoxy groups -OCH3 is 1. The SMILES string of the molecule is COc1ccc(CCC(=O)N2CCN(C(=O)c3ccco3)CC2)cc1F. The number of benzene rings is 1. The summed E-state index contributed by atoms with van der Waals surface area (Å²) in [5.74, 6) is -0.0756. The van der Waals surface area contributed by atoms with Crippen molar-refractivity contribution in [1.82, 2.24) is 9.80 Å². The van der Waals surface area contributed by atoms with E-state index in [-0.39, 0.29) is 17.6 Å². The Kier molecular flexibility index (Phi) is 5.55. The Bertz CT molecular complexity index is 768. The third-order valence-electron chi connectivity index (χ3n) is 4.50. The van der Waals surface area contributed by atoms with Gasteiger partial charge in [0.05, 0.1) is 13.4 Å². The van der Waals surface area contributed by atoms with Gasteiger partial charge in [-0.05, 0) is 36.2 Å². The van der Waals surface area contributed by atoms with Crippen molar-refractivity contribution in [2.75, 3.05) is 33.3 Å². The maximum atomic E-state index is 13.7. The third-order valence-corrected chi connectivity index (χ3v) is 4.50. The van der Waals surface area contributed by atoms with Gasteiger partial charge in [-0.1, -0.05) is 6.07 Å². The Morgan fingerprint density at radius 3 is 2.50 bits per heavy atom. The number of aryl methyl sites for hydroxylation is 1. The first-order valence-corrected chi connectivity index (χ1v) is 8.51. The number of hydrogen-bond donors (Lipinski definition) is 0. The zero-order valence-corrected chi connectivity index (χ0v) is 14.6. The lowest BCUT2D eigenvalue weighted by atomic mass is 10.1. The fraction of sp³-hybridized carbons (Fsp3) is 0.368. The van der Waals surface area contributed by atoms with Crippen LogP contribution in [0.3, 0.4) is 0 Å². The van der Waals surface area contributed by atoms with E-state index in [1.807, 2.05) is 0 Å². The summed E-state index contributed by atoms with van der Waals surface area (Å²) < 4.78 is 23.7. The maximum absolute atomic E-state index is 13.7. The van der Waals surface area contributed by atoms with Gasteiger partial charge in [-0.25, -0.2) is 4.39 Å². The Balaban J connectivity index is 1.48. The molecule has 0 saturated carbocycles. The number of amides is 2. The molecule has 1 fully saturated rings. The molecule has 1 aliphatic rings. The van der Waals surface area contributed by atoms with Gasteiger partial charge in [0.2, 0.25) is 5.91 Å². The van der Waals surface area contributed by atoms with Crippen LogP contribution in [-0.4, -0.2) is 54.9 Å². The van der Waals surface area contributed by atoms with Crippen LogP contribution in [-0.2, 0) is 11.2 Å². The van der Waals surface area contributed by atoms with Gasteiger partial charge in [0, 0.05) is 32.6 Å². The van der Waals surface area contributed by atoms with Crippen LogP contribution >= 0.6 is 0 Å². The monoisotopic (exact) mass is 360 g/mol. The third kappa shape index (κ3) is 4.04. The van der Waals surface area contributed by atoms with Crippen molar-refractivity contribution >= 4 is 11.8 Å². The van der Waals surface area contributed by atoms with Crippen molar-refractivity contribution < 1.29 is 23.1 Å². The highest BCUT2D eigenvalue weighted by Crippen LogP contribution is 2.19. The molecule has 0 unspecified atom stereocenters. The largest absolute Gasteiger partial charge is 0.494 e. The van der Waals surface area contributed by atoms with Crippen molar-refractivity contribution in [3.8, 4) is 5.75 Å². The molecule has 0 spiro atoms. The van der Waals surface area contributed by atoms with E-state index < -0.39 is 5.82 Å². The van der Waals surface area contributed by atoms with E-state index in [4.69, 9.17) is 9.15 Å². The molecule has 0 N–H and O–H groups in total. The van der Waals surface area contributed by atoms with E-state index in [1.54, 1.807) is 34.1 Å². The van der Waals surface area contributed by atoms with Crippen LogP contribution < -0.4 is 4.74 Å². The molecule has 6 nitrogen and oxygen atoms in total. The van der Waals surface area contributed by atoms with Crippen molar-refractivity contribution in [2.45, 2.75) is 12.8 Å². The predicted molar refractivity (Wildman–Crippen MR) is 92.5 cm³/mol. The lowest BCUT2D eigenvalue weighted by Gasteiger charge is -2.34. The first kappa shape index (κ1) is 18.0. The Hall–Kier alpha value is -2.83. The second kappa shape index (κ2) is 8.03. The first-order chi connectivity index (χ1) is 12.6. The Morgan fingerprint density at radius 2 is 1.88 bits per heavy atom. The van der Waals surface area contributed by atoms with E-state index in [9.17, 15) is 14.0 Å². The molecule has 3 rings (SSSR count). The van der Waals surface area contributed by atoms with Crippen LogP contribution in [0.15, 0.2) is 41.0 Å². The zero-order chi connectivity index (χ0) is 18.5. The Labute approximate surface area is 151 Å². The van der Waals surface area contributed by atoms with Gasteiger partial charge in [0.15, 0.2) is 17.3 Å². The molecular weight excluding hydrogens is 339 g/mol.